The van der Waals surface area contributed by atoms with E-state index >= 15 is 0 Å². The number of hydrogen-bond donors (Lipinski definition) is 0. The number of carbonyl (C=O) groups is 1. The summed E-state index contributed by atoms with van der Waals surface area (Å²) in [5, 5.41) is -0.308. The molecule has 0 aromatic carbocycles. The average Bonchev–Trinajstić information content (AvgIpc) is 1.95. The quantitative estimate of drug-likeness (QED) is 0.556. The molecular formula is C8H10ClNO. The third-order valence-corrected chi connectivity index (χ3v) is 2.59. The normalized spacial score (nSPS) is 29.9. The van der Waals surface area contributed by atoms with Crippen LogP contribution in [0, 0.1) is 5.41 Å². The van der Waals surface area contributed by atoms with Crippen molar-refractivity contribution in [2.45, 2.75) is 20.3 Å². The Kier molecular flexibility index (Phi) is 2.14. The summed E-state index contributed by atoms with van der Waals surface area (Å²) in [7, 11) is 0. The smallest absolute Gasteiger partial charge is 0.232 e. The molecule has 1 rings (SSSR count). The van der Waals surface area contributed by atoms with Crippen LogP contribution in [0.1, 0.15) is 20.3 Å². The van der Waals surface area contributed by atoms with E-state index in [2.05, 4.69) is 4.99 Å². The van der Waals surface area contributed by atoms with E-state index in [1.807, 2.05) is 13.8 Å². The highest BCUT2D eigenvalue weighted by Gasteiger charge is 2.33. The SMILES string of the molecule is CC1=CN=CCC1(C)C(=O)Cl. The van der Waals surface area contributed by atoms with Crippen LogP contribution in [0.3, 0.4) is 0 Å². The van der Waals surface area contributed by atoms with Crippen molar-refractivity contribution in [1.29, 1.82) is 0 Å². The van der Waals surface area contributed by atoms with Gasteiger partial charge in [-0.2, -0.15) is 0 Å². The zero-order valence-corrected chi connectivity index (χ0v) is 7.35. The molecule has 0 spiro atoms. The fourth-order valence-electron chi connectivity index (χ4n) is 0.939. The number of aliphatic imine (C=N–C) groups is 1. The minimum Gasteiger partial charge on any atom is -0.280 e. The second-order valence-corrected chi connectivity index (χ2v) is 3.30. The predicted molar refractivity (Wildman–Crippen MR) is 45.8 cm³/mol. The van der Waals surface area contributed by atoms with Gasteiger partial charge in [0.1, 0.15) is 0 Å². The molecule has 1 aliphatic rings. The lowest BCUT2D eigenvalue weighted by Crippen LogP contribution is -2.27. The molecule has 2 nitrogen and oxygen atoms in total. The number of hydrogen-bond acceptors (Lipinski definition) is 2. The van der Waals surface area contributed by atoms with Gasteiger partial charge in [0.15, 0.2) is 0 Å². The van der Waals surface area contributed by atoms with Gasteiger partial charge in [-0.1, -0.05) is 0 Å². The van der Waals surface area contributed by atoms with Gasteiger partial charge in [0, 0.05) is 18.8 Å². The maximum Gasteiger partial charge on any atom is 0.232 e. The largest absolute Gasteiger partial charge is 0.280 e. The Bertz CT molecular complexity index is 244. The predicted octanol–water partition coefficient (Wildman–Crippen LogP) is 2.14. The van der Waals surface area contributed by atoms with Gasteiger partial charge in [-0.15, -0.1) is 0 Å². The average molecular weight is 172 g/mol. The van der Waals surface area contributed by atoms with Crippen LogP contribution in [-0.4, -0.2) is 11.5 Å². The summed E-state index contributed by atoms with van der Waals surface area (Å²) in [5.74, 6) is 0. The molecule has 0 N–H and O–H groups in total. The van der Waals surface area contributed by atoms with Crippen LogP contribution in [0.15, 0.2) is 16.8 Å². The fourth-order valence-corrected chi connectivity index (χ4v) is 1.16. The van der Waals surface area contributed by atoms with Gasteiger partial charge in [0.05, 0.1) is 5.41 Å². The van der Waals surface area contributed by atoms with E-state index in [0.717, 1.165) is 5.57 Å². The number of halogens is 1. The molecule has 0 aromatic heterocycles. The van der Waals surface area contributed by atoms with Crippen LogP contribution in [0.5, 0.6) is 0 Å². The van der Waals surface area contributed by atoms with Gasteiger partial charge < -0.3 is 0 Å². The molecule has 1 unspecified atom stereocenters. The summed E-state index contributed by atoms with van der Waals surface area (Å²) in [4.78, 5) is 14.9. The van der Waals surface area contributed by atoms with Crippen LogP contribution >= 0.6 is 11.6 Å². The standard InChI is InChI=1S/C8H10ClNO/c1-6-5-10-4-3-8(6,2)7(9)11/h4-5H,3H2,1-2H3. The lowest BCUT2D eigenvalue weighted by atomic mass is 9.81. The Morgan fingerprint density at radius 1 is 1.82 bits per heavy atom. The molecule has 0 amide bonds. The summed E-state index contributed by atoms with van der Waals surface area (Å²) in [5.41, 5.74) is 0.406. The second kappa shape index (κ2) is 2.78. The summed E-state index contributed by atoms with van der Waals surface area (Å²) < 4.78 is 0. The Balaban J connectivity index is 2.97. The topological polar surface area (TPSA) is 29.4 Å². The first-order valence-electron chi connectivity index (χ1n) is 3.46. The Morgan fingerprint density at radius 3 is 2.82 bits per heavy atom. The zero-order valence-electron chi connectivity index (χ0n) is 6.60. The third-order valence-electron chi connectivity index (χ3n) is 2.18. The fraction of sp³-hybridized carbons (Fsp3) is 0.500. The van der Waals surface area contributed by atoms with Gasteiger partial charge in [0.25, 0.3) is 0 Å². The van der Waals surface area contributed by atoms with Gasteiger partial charge in [-0.25, -0.2) is 0 Å². The van der Waals surface area contributed by atoms with Crippen LogP contribution in [0.2, 0.25) is 0 Å². The highest BCUT2D eigenvalue weighted by atomic mass is 35.5. The van der Waals surface area contributed by atoms with Gasteiger partial charge in [-0.3, -0.25) is 9.79 Å². The van der Waals surface area contributed by atoms with Crippen molar-refractivity contribution < 1.29 is 4.79 Å². The summed E-state index contributed by atoms with van der Waals surface area (Å²) >= 11 is 5.45. The van der Waals surface area contributed by atoms with Crippen molar-refractivity contribution in [3.63, 3.8) is 0 Å². The molecule has 0 saturated heterocycles. The molecule has 60 valence electrons. The van der Waals surface area contributed by atoms with Crippen LogP contribution in [0.25, 0.3) is 0 Å². The van der Waals surface area contributed by atoms with E-state index in [1.54, 1.807) is 12.4 Å². The number of rotatable bonds is 1. The van der Waals surface area contributed by atoms with Crippen LogP contribution in [-0.2, 0) is 4.79 Å². The Morgan fingerprint density at radius 2 is 2.45 bits per heavy atom. The molecule has 0 saturated carbocycles. The molecule has 0 aliphatic carbocycles. The third kappa shape index (κ3) is 1.36. The molecule has 0 fully saturated rings. The number of carbonyl (C=O) groups excluding carboxylic acids is 1. The van der Waals surface area contributed by atoms with Crippen molar-refractivity contribution in [3.8, 4) is 0 Å². The molecule has 0 aromatic rings. The van der Waals surface area contributed by atoms with Gasteiger partial charge >= 0.3 is 0 Å². The summed E-state index contributed by atoms with van der Waals surface area (Å²) in [6.07, 6.45) is 4.01. The lowest BCUT2D eigenvalue weighted by molar-refractivity contribution is -0.117. The molecule has 1 aliphatic heterocycles. The van der Waals surface area contributed by atoms with Crippen LogP contribution in [0.4, 0.5) is 0 Å². The molecule has 3 heteroatoms. The maximum absolute atomic E-state index is 11.0. The molecular weight excluding hydrogens is 162 g/mol. The first-order valence-corrected chi connectivity index (χ1v) is 3.84. The minimum atomic E-state index is -0.524. The van der Waals surface area contributed by atoms with Crippen molar-refractivity contribution >= 4 is 23.1 Å². The molecule has 1 heterocycles. The van der Waals surface area contributed by atoms with Crippen molar-refractivity contribution in [1.82, 2.24) is 0 Å². The Hall–Kier alpha value is -0.630. The van der Waals surface area contributed by atoms with E-state index in [4.69, 9.17) is 11.6 Å². The van der Waals surface area contributed by atoms with E-state index in [0.29, 0.717) is 6.42 Å². The molecule has 1 atom stereocenters. The van der Waals surface area contributed by atoms with Crippen molar-refractivity contribution in [2.75, 3.05) is 0 Å². The first kappa shape index (κ1) is 8.47. The maximum atomic E-state index is 11.0. The molecule has 0 radical (unpaired) electrons. The summed E-state index contributed by atoms with van der Waals surface area (Å²) in [6.45, 7) is 3.70. The molecule has 11 heavy (non-hydrogen) atoms. The Labute approximate surface area is 71.0 Å². The monoisotopic (exact) mass is 171 g/mol. The van der Waals surface area contributed by atoms with E-state index in [-0.39, 0.29) is 5.24 Å². The lowest BCUT2D eigenvalue weighted by Gasteiger charge is -2.26. The zero-order chi connectivity index (χ0) is 8.48. The van der Waals surface area contributed by atoms with Crippen LogP contribution < -0.4 is 0 Å². The minimum absolute atomic E-state index is 0.308. The first-order chi connectivity index (χ1) is 5.07. The van der Waals surface area contributed by atoms with Gasteiger partial charge in [0.2, 0.25) is 5.24 Å². The van der Waals surface area contributed by atoms with Crippen molar-refractivity contribution in [3.05, 3.63) is 11.8 Å². The number of allylic oxidation sites excluding steroid dienone is 1. The molecule has 0 bridgehead atoms. The second-order valence-electron chi connectivity index (χ2n) is 2.95. The van der Waals surface area contributed by atoms with E-state index < -0.39 is 5.41 Å². The van der Waals surface area contributed by atoms with E-state index in [1.165, 1.54) is 0 Å². The van der Waals surface area contributed by atoms with Crippen molar-refractivity contribution in [2.24, 2.45) is 10.4 Å². The summed E-state index contributed by atoms with van der Waals surface area (Å²) in [6, 6.07) is 0. The number of nitrogens with zero attached hydrogens (tertiary/aromatic N) is 1. The highest BCUT2D eigenvalue weighted by molar-refractivity contribution is 6.65. The van der Waals surface area contributed by atoms with Gasteiger partial charge in [-0.05, 0) is 31.0 Å². The van der Waals surface area contributed by atoms with E-state index in [9.17, 15) is 4.79 Å². The highest BCUT2D eigenvalue weighted by Crippen LogP contribution is 2.34.